The Morgan fingerprint density at radius 1 is 1.45 bits per heavy atom. The zero-order valence-corrected chi connectivity index (χ0v) is 7.51. The van der Waals surface area contributed by atoms with Crippen molar-refractivity contribution in [3.63, 3.8) is 0 Å². The average Bonchev–Trinajstić information content (AvgIpc) is 2.70. The van der Waals surface area contributed by atoms with E-state index in [1.165, 1.54) is 12.8 Å². The lowest BCUT2D eigenvalue weighted by Gasteiger charge is -2.23. The molecule has 11 heavy (non-hydrogen) atoms. The molecule has 0 nitrogen and oxygen atoms in total. The van der Waals surface area contributed by atoms with Crippen LogP contribution >= 0.6 is 11.6 Å². The summed E-state index contributed by atoms with van der Waals surface area (Å²) in [6, 6.07) is 0. The van der Waals surface area contributed by atoms with Crippen LogP contribution in [-0.4, -0.2) is 0 Å². The van der Waals surface area contributed by atoms with Gasteiger partial charge in [-0.2, -0.15) is 0 Å². The van der Waals surface area contributed by atoms with Crippen LogP contribution in [0, 0.1) is 17.8 Å². The topological polar surface area (TPSA) is 0 Å². The Kier molecular flexibility index (Phi) is 1.80. The van der Waals surface area contributed by atoms with Crippen LogP contribution in [0.15, 0.2) is 23.3 Å². The minimum atomic E-state index is 0.640. The second-order valence-electron chi connectivity index (χ2n) is 3.66. The third-order valence-corrected chi connectivity index (χ3v) is 3.06. The van der Waals surface area contributed by atoms with Gasteiger partial charge in [0.1, 0.15) is 0 Å². The van der Waals surface area contributed by atoms with Gasteiger partial charge in [0.25, 0.3) is 0 Å². The molecule has 2 rings (SSSR count). The van der Waals surface area contributed by atoms with E-state index in [0.717, 1.165) is 11.0 Å². The van der Waals surface area contributed by atoms with Crippen molar-refractivity contribution < 1.29 is 0 Å². The summed E-state index contributed by atoms with van der Waals surface area (Å²) in [7, 11) is 0. The fourth-order valence-corrected chi connectivity index (χ4v) is 2.36. The fraction of sp³-hybridized carbons (Fsp3) is 0.600. The quantitative estimate of drug-likeness (QED) is 0.564. The first-order valence-corrected chi connectivity index (χ1v) is 4.70. The minimum absolute atomic E-state index is 0.640. The van der Waals surface area contributed by atoms with Crippen LogP contribution in [0.1, 0.15) is 19.8 Å². The summed E-state index contributed by atoms with van der Waals surface area (Å²) in [5, 5.41) is 1.07. The lowest BCUT2D eigenvalue weighted by molar-refractivity contribution is 0.442. The van der Waals surface area contributed by atoms with E-state index in [4.69, 9.17) is 11.6 Å². The maximum Gasteiger partial charge on any atom is 0.0220 e. The Balaban J connectivity index is 2.16. The molecule has 1 fully saturated rings. The highest BCUT2D eigenvalue weighted by Crippen LogP contribution is 2.46. The molecule has 0 radical (unpaired) electrons. The van der Waals surface area contributed by atoms with Gasteiger partial charge in [-0.05, 0) is 30.8 Å². The number of hydrogen-bond acceptors (Lipinski definition) is 0. The molecule has 0 aliphatic heterocycles. The zero-order chi connectivity index (χ0) is 7.84. The van der Waals surface area contributed by atoms with Crippen molar-refractivity contribution in [2.45, 2.75) is 19.8 Å². The third kappa shape index (κ3) is 1.37. The smallest absolute Gasteiger partial charge is 0.0220 e. The molecule has 0 heterocycles. The molecule has 0 bridgehead atoms. The van der Waals surface area contributed by atoms with Gasteiger partial charge in [-0.15, -0.1) is 0 Å². The van der Waals surface area contributed by atoms with E-state index in [1.54, 1.807) is 0 Å². The Bertz CT molecular complexity index is 211. The first-order valence-electron chi connectivity index (χ1n) is 4.33. The van der Waals surface area contributed by atoms with Crippen LogP contribution in [0.2, 0.25) is 0 Å². The molecule has 0 saturated heterocycles. The van der Waals surface area contributed by atoms with Gasteiger partial charge in [-0.25, -0.2) is 0 Å². The van der Waals surface area contributed by atoms with Gasteiger partial charge >= 0.3 is 0 Å². The van der Waals surface area contributed by atoms with Gasteiger partial charge in [0, 0.05) is 11.0 Å². The molecule has 60 valence electrons. The van der Waals surface area contributed by atoms with Crippen molar-refractivity contribution >= 4 is 11.6 Å². The highest BCUT2D eigenvalue weighted by atomic mass is 35.5. The molecule has 0 spiro atoms. The van der Waals surface area contributed by atoms with Crippen LogP contribution < -0.4 is 0 Å². The molecule has 0 aromatic rings. The van der Waals surface area contributed by atoms with E-state index < -0.39 is 0 Å². The Morgan fingerprint density at radius 3 is 2.73 bits per heavy atom. The van der Waals surface area contributed by atoms with Crippen molar-refractivity contribution in [1.82, 2.24) is 0 Å². The Labute approximate surface area is 72.9 Å². The van der Waals surface area contributed by atoms with E-state index in [2.05, 4.69) is 19.1 Å². The van der Waals surface area contributed by atoms with Gasteiger partial charge in [0.05, 0.1) is 0 Å². The van der Waals surface area contributed by atoms with E-state index in [9.17, 15) is 0 Å². The van der Waals surface area contributed by atoms with Crippen molar-refractivity contribution in [2.75, 3.05) is 0 Å². The summed E-state index contributed by atoms with van der Waals surface area (Å²) in [4.78, 5) is 0. The van der Waals surface area contributed by atoms with Gasteiger partial charge in [-0.1, -0.05) is 30.7 Å². The third-order valence-electron chi connectivity index (χ3n) is 2.68. The Hall–Kier alpha value is -0.230. The van der Waals surface area contributed by atoms with Gasteiger partial charge in [-0.3, -0.25) is 0 Å². The van der Waals surface area contributed by atoms with Gasteiger partial charge in [0.2, 0.25) is 0 Å². The zero-order valence-electron chi connectivity index (χ0n) is 6.76. The maximum absolute atomic E-state index is 6.12. The predicted octanol–water partition coefficient (Wildman–Crippen LogP) is 3.34. The molecular weight excluding hydrogens is 156 g/mol. The highest BCUT2D eigenvalue weighted by molar-refractivity contribution is 6.30. The van der Waals surface area contributed by atoms with Crippen LogP contribution in [0.25, 0.3) is 0 Å². The van der Waals surface area contributed by atoms with Crippen LogP contribution in [0.5, 0.6) is 0 Å². The lowest BCUT2D eigenvalue weighted by atomic mass is 9.86. The molecule has 2 unspecified atom stereocenters. The molecule has 2 atom stereocenters. The molecule has 2 aliphatic rings. The van der Waals surface area contributed by atoms with Crippen molar-refractivity contribution in [2.24, 2.45) is 17.8 Å². The summed E-state index contributed by atoms with van der Waals surface area (Å²) in [5.74, 6) is 2.18. The highest BCUT2D eigenvalue weighted by Gasteiger charge is 2.36. The van der Waals surface area contributed by atoms with Gasteiger partial charge in [0.15, 0.2) is 0 Å². The molecule has 0 N–H and O–H groups in total. The normalized spacial score (nSPS) is 37.1. The second-order valence-corrected chi connectivity index (χ2v) is 4.10. The summed E-state index contributed by atoms with van der Waals surface area (Å²) in [6.45, 7) is 2.26. The standard InChI is InChI=1S/C10H13Cl/c1-7-3-2-4-9(11)10(7)8-5-6-8/h2-4,7-8,10H,5-6H2,1H3. The monoisotopic (exact) mass is 168 g/mol. The van der Waals surface area contributed by atoms with Crippen molar-refractivity contribution in [3.05, 3.63) is 23.3 Å². The molecule has 2 aliphatic carbocycles. The SMILES string of the molecule is CC1C=CC=C(Cl)C1C1CC1. The van der Waals surface area contributed by atoms with E-state index >= 15 is 0 Å². The average molecular weight is 169 g/mol. The van der Waals surface area contributed by atoms with Crippen LogP contribution in [0.4, 0.5) is 0 Å². The summed E-state index contributed by atoms with van der Waals surface area (Å²) in [5.41, 5.74) is 0. The first kappa shape index (κ1) is 7.42. The number of allylic oxidation sites excluding steroid dienone is 4. The number of halogens is 1. The van der Waals surface area contributed by atoms with Crippen LogP contribution in [0.3, 0.4) is 0 Å². The lowest BCUT2D eigenvalue weighted by Crippen LogP contribution is -2.14. The van der Waals surface area contributed by atoms with Crippen molar-refractivity contribution in [3.8, 4) is 0 Å². The van der Waals surface area contributed by atoms with E-state index in [1.807, 2.05) is 6.08 Å². The summed E-state index contributed by atoms with van der Waals surface area (Å²) < 4.78 is 0. The molecule has 0 aromatic heterocycles. The molecule has 1 saturated carbocycles. The maximum atomic E-state index is 6.12. The second kappa shape index (κ2) is 2.67. The van der Waals surface area contributed by atoms with E-state index in [-0.39, 0.29) is 0 Å². The predicted molar refractivity (Wildman–Crippen MR) is 48.5 cm³/mol. The van der Waals surface area contributed by atoms with E-state index in [0.29, 0.717) is 11.8 Å². The van der Waals surface area contributed by atoms with Crippen molar-refractivity contribution in [1.29, 1.82) is 0 Å². The summed E-state index contributed by atoms with van der Waals surface area (Å²) in [6.07, 6.45) is 9.14. The fourth-order valence-electron chi connectivity index (χ4n) is 1.91. The Morgan fingerprint density at radius 2 is 2.18 bits per heavy atom. The molecule has 1 heteroatoms. The minimum Gasteiger partial charge on any atom is -0.0888 e. The summed E-state index contributed by atoms with van der Waals surface area (Å²) >= 11 is 6.12. The largest absolute Gasteiger partial charge is 0.0888 e. The molecule has 0 amide bonds. The number of rotatable bonds is 1. The first-order chi connectivity index (χ1) is 5.29. The number of hydrogen-bond donors (Lipinski definition) is 0. The molecule has 0 aromatic carbocycles. The molecular formula is C10H13Cl. The van der Waals surface area contributed by atoms with Gasteiger partial charge < -0.3 is 0 Å². The van der Waals surface area contributed by atoms with Crippen LogP contribution in [-0.2, 0) is 0 Å².